The van der Waals surface area contributed by atoms with Gasteiger partial charge in [-0.25, -0.2) is 0 Å². The quantitative estimate of drug-likeness (QED) is 0.617. The Morgan fingerprint density at radius 3 is 2.30 bits per heavy atom. The third kappa shape index (κ3) is 7.87. The van der Waals surface area contributed by atoms with Crippen molar-refractivity contribution >= 4 is 17.4 Å². The average Bonchev–Trinajstić information content (AvgIpc) is 2.48. The van der Waals surface area contributed by atoms with Gasteiger partial charge >= 0.3 is 0 Å². The Labute approximate surface area is 120 Å². The second kappa shape index (κ2) is 10.6. The molecule has 1 aromatic carbocycles. The van der Waals surface area contributed by atoms with Crippen LogP contribution in [-0.4, -0.2) is 18.4 Å². The van der Waals surface area contributed by atoms with Crippen molar-refractivity contribution in [3.05, 3.63) is 55.1 Å². The van der Waals surface area contributed by atoms with Gasteiger partial charge in [0.1, 0.15) is 0 Å². The van der Waals surface area contributed by atoms with E-state index in [1.807, 2.05) is 30.3 Å². The fourth-order valence-electron chi connectivity index (χ4n) is 1.26. The van der Waals surface area contributed by atoms with Gasteiger partial charge in [0.15, 0.2) is 0 Å². The molecule has 0 bridgehead atoms. The molecule has 4 nitrogen and oxygen atoms in total. The Kier molecular flexibility index (Phi) is 9.31. The standard InChI is InChI=1S/C13H17NO.C3H5NO/c1-3-4-10-14-13(15)11(2)12-8-6-5-7-9-12;1-2-3(4)5/h5-9H,2-4,10H2,1H3,(H,14,15);2H,1H2,(H2,4,5). The number of nitrogens with two attached hydrogens (primary N) is 1. The lowest BCUT2D eigenvalue weighted by Gasteiger charge is -2.06. The van der Waals surface area contributed by atoms with E-state index in [1.54, 1.807) is 0 Å². The van der Waals surface area contributed by atoms with E-state index >= 15 is 0 Å². The summed E-state index contributed by atoms with van der Waals surface area (Å²) < 4.78 is 0. The first-order valence-corrected chi connectivity index (χ1v) is 6.47. The smallest absolute Gasteiger partial charge is 0.251 e. The minimum atomic E-state index is -0.481. The molecular formula is C16H22N2O2. The Morgan fingerprint density at radius 1 is 1.30 bits per heavy atom. The van der Waals surface area contributed by atoms with Gasteiger partial charge in [-0.2, -0.15) is 0 Å². The first kappa shape index (κ1) is 17.6. The number of benzene rings is 1. The van der Waals surface area contributed by atoms with Crippen molar-refractivity contribution in [1.82, 2.24) is 5.32 Å². The highest BCUT2D eigenvalue weighted by Crippen LogP contribution is 2.11. The van der Waals surface area contributed by atoms with Gasteiger partial charge in [-0.05, 0) is 18.1 Å². The second-order valence-corrected chi connectivity index (χ2v) is 4.06. The van der Waals surface area contributed by atoms with E-state index in [2.05, 4.69) is 31.1 Å². The summed E-state index contributed by atoms with van der Waals surface area (Å²) in [5.41, 5.74) is 5.95. The normalized spacial score (nSPS) is 8.85. The molecule has 108 valence electrons. The summed E-state index contributed by atoms with van der Waals surface area (Å²) in [6, 6.07) is 9.51. The fraction of sp³-hybridized carbons (Fsp3) is 0.250. The van der Waals surface area contributed by atoms with Crippen LogP contribution in [0.5, 0.6) is 0 Å². The molecule has 0 aliphatic rings. The van der Waals surface area contributed by atoms with Crippen LogP contribution in [0.4, 0.5) is 0 Å². The molecule has 0 fully saturated rings. The second-order valence-electron chi connectivity index (χ2n) is 4.06. The van der Waals surface area contributed by atoms with Crippen LogP contribution in [-0.2, 0) is 9.59 Å². The molecule has 0 aromatic heterocycles. The fourth-order valence-corrected chi connectivity index (χ4v) is 1.26. The highest BCUT2D eigenvalue weighted by Gasteiger charge is 2.07. The predicted octanol–water partition coefficient (Wildman–Crippen LogP) is 2.27. The van der Waals surface area contributed by atoms with Crippen LogP contribution in [0.15, 0.2) is 49.6 Å². The number of primary amides is 1. The molecule has 0 radical (unpaired) electrons. The van der Waals surface area contributed by atoms with Crippen molar-refractivity contribution in [2.45, 2.75) is 19.8 Å². The maximum atomic E-state index is 11.6. The zero-order valence-electron chi connectivity index (χ0n) is 11.9. The molecule has 0 aliphatic carbocycles. The maximum Gasteiger partial charge on any atom is 0.251 e. The van der Waals surface area contributed by atoms with Crippen LogP contribution in [0.25, 0.3) is 5.57 Å². The van der Waals surface area contributed by atoms with Crippen molar-refractivity contribution in [2.24, 2.45) is 5.73 Å². The van der Waals surface area contributed by atoms with Gasteiger partial charge in [-0.1, -0.05) is 56.8 Å². The van der Waals surface area contributed by atoms with Crippen LogP contribution in [0, 0.1) is 0 Å². The molecule has 0 spiro atoms. The van der Waals surface area contributed by atoms with Crippen LogP contribution >= 0.6 is 0 Å². The molecule has 4 heteroatoms. The van der Waals surface area contributed by atoms with Crippen molar-refractivity contribution in [3.8, 4) is 0 Å². The molecule has 3 N–H and O–H groups in total. The van der Waals surface area contributed by atoms with Gasteiger partial charge in [0, 0.05) is 12.1 Å². The summed E-state index contributed by atoms with van der Waals surface area (Å²) in [7, 11) is 0. The predicted molar refractivity (Wildman–Crippen MR) is 82.8 cm³/mol. The molecule has 1 aromatic rings. The van der Waals surface area contributed by atoms with E-state index < -0.39 is 5.91 Å². The summed E-state index contributed by atoms with van der Waals surface area (Å²) >= 11 is 0. The molecule has 0 saturated carbocycles. The van der Waals surface area contributed by atoms with E-state index in [9.17, 15) is 9.59 Å². The molecule has 0 aliphatic heterocycles. The first-order valence-electron chi connectivity index (χ1n) is 6.47. The van der Waals surface area contributed by atoms with Crippen LogP contribution in [0.1, 0.15) is 25.3 Å². The monoisotopic (exact) mass is 274 g/mol. The minimum Gasteiger partial charge on any atom is -0.366 e. The molecule has 0 unspecified atom stereocenters. The van der Waals surface area contributed by atoms with Crippen molar-refractivity contribution < 1.29 is 9.59 Å². The van der Waals surface area contributed by atoms with Gasteiger partial charge in [0.25, 0.3) is 5.91 Å². The van der Waals surface area contributed by atoms with Gasteiger partial charge in [0.2, 0.25) is 5.91 Å². The van der Waals surface area contributed by atoms with Crippen LogP contribution in [0.2, 0.25) is 0 Å². The summed E-state index contributed by atoms with van der Waals surface area (Å²) in [6.45, 7) is 9.70. The maximum absolute atomic E-state index is 11.6. The van der Waals surface area contributed by atoms with E-state index in [0.29, 0.717) is 5.57 Å². The van der Waals surface area contributed by atoms with Crippen molar-refractivity contribution in [1.29, 1.82) is 0 Å². The highest BCUT2D eigenvalue weighted by molar-refractivity contribution is 6.18. The summed E-state index contributed by atoms with van der Waals surface area (Å²) in [6.07, 6.45) is 3.14. The Balaban J connectivity index is 0.000000621. The minimum absolute atomic E-state index is 0.0744. The SMILES string of the molecule is C=C(C(=O)NCCCC)c1ccccc1.C=CC(N)=O. The Morgan fingerprint density at radius 2 is 1.85 bits per heavy atom. The van der Waals surface area contributed by atoms with Crippen molar-refractivity contribution in [2.75, 3.05) is 6.54 Å². The molecule has 0 saturated heterocycles. The number of nitrogens with one attached hydrogen (secondary N) is 1. The van der Waals surface area contributed by atoms with Crippen molar-refractivity contribution in [3.63, 3.8) is 0 Å². The molecule has 0 atom stereocenters. The largest absolute Gasteiger partial charge is 0.366 e. The van der Waals surface area contributed by atoms with Gasteiger partial charge in [-0.15, -0.1) is 0 Å². The van der Waals surface area contributed by atoms with Crippen LogP contribution in [0.3, 0.4) is 0 Å². The van der Waals surface area contributed by atoms with E-state index in [4.69, 9.17) is 0 Å². The number of rotatable bonds is 6. The van der Waals surface area contributed by atoms with E-state index in [1.165, 1.54) is 0 Å². The van der Waals surface area contributed by atoms with E-state index in [0.717, 1.165) is 31.0 Å². The third-order valence-corrected chi connectivity index (χ3v) is 2.41. The summed E-state index contributed by atoms with van der Waals surface area (Å²) in [5, 5.41) is 2.84. The average molecular weight is 274 g/mol. The number of hydrogen-bond donors (Lipinski definition) is 2. The molecule has 20 heavy (non-hydrogen) atoms. The molecule has 1 rings (SSSR count). The Bertz CT molecular complexity index is 453. The lowest BCUT2D eigenvalue weighted by molar-refractivity contribution is -0.115. The Hall–Kier alpha value is -2.36. The molecular weight excluding hydrogens is 252 g/mol. The van der Waals surface area contributed by atoms with E-state index in [-0.39, 0.29) is 5.91 Å². The number of unbranched alkanes of at least 4 members (excludes halogenated alkanes) is 1. The lowest BCUT2D eigenvalue weighted by Crippen LogP contribution is -2.24. The highest BCUT2D eigenvalue weighted by atomic mass is 16.2. The zero-order chi connectivity index (χ0) is 15.4. The first-order chi connectivity index (χ1) is 9.52. The van der Waals surface area contributed by atoms with Gasteiger partial charge in [-0.3, -0.25) is 9.59 Å². The van der Waals surface area contributed by atoms with Crippen LogP contribution < -0.4 is 11.1 Å². The zero-order valence-corrected chi connectivity index (χ0v) is 11.9. The number of amides is 2. The third-order valence-electron chi connectivity index (χ3n) is 2.41. The summed E-state index contributed by atoms with van der Waals surface area (Å²) in [4.78, 5) is 21.1. The van der Waals surface area contributed by atoms with Gasteiger partial charge in [0.05, 0.1) is 0 Å². The number of carbonyl (C=O) groups excluding carboxylic acids is 2. The summed E-state index contributed by atoms with van der Waals surface area (Å²) in [5.74, 6) is -0.556. The number of carbonyl (C=O) groups is 2. The molecule has 0 heterocycles. The lowest BCUT2D eigenvalue weighted by atomic mass is 10.1. The molecule has 2 amide bonds. The topological polar surface area (TPSA) is 72.2 Å². The number of hydrogen-bond acceptors (Lipinski definition) is 2. The van der Waals surface area contributed by atoms with Gasteiger partial charge < -0.3 is 11.1 Å².